The quantitative estimate of drug-likeness (QED) is 0.201. The Morgan fingerprint density at radius 3 is 1.04 bits per heavy atom. The van der Waals surface area contributed by atoms with Gasteiger partial charge in [0.05, 0.1) is 0 Å². The van der Waals surface area contributed by atoms with Gasteiger partial charge in [-0.05, 0) is 99.6 Å². The molecule has 0 bridgehead atoms. The third-order valence-corrected chi connectivity index (χ3v) is 6.35. The number of hydrogen-bond acceptors (Lipinski definition) is 1. The van der Waals surface area contributed by atoms with Crippen LogP contribution in [0.25, 0.3) is 0 Å². The molecule has 6 heteroatoms. The summed E-state index contributed by atoms with van der Waals surface area (Å²) in [7, 11) is -0.446. The first kappa shape index (κ1) is 26.4. The Bertz CT molecular complexity index is 648. The van der Waals surface area contributed by atoms with E-state index in [0.717, 1.165) is 0 Å². The van der Waals surface area contributed by atoms with Crippen molar-refractivity contribution in [2.45, 2.75) is 7.98 Å². The average Bonchev–Trinajstić information content (AvgIpc) is 2.70. The molecule has 0 saturated heterocycles. The number of benzene rings is 3. The fourth-order valence-corrected chi connectivity index (χ4v) is 4.48. The van der Waals surface area contributed by atoms with Crippen LogP contribution in [-0.4, -0.2) is 13.1 Å². The Morgan fingerprint density at radius 2 is 0.857 bits per heavy atom. The predicted molar refractivity (Wildman–Crippen MR) is 148 cm³/mol. The molecular weight excluding hydrogens is 647 g/mol. The van der Waals surface area contributed by atoms with Crippen LogP contribution in [0.4, 0.5) is 0 Å². The summed E-state index contributed by atoms with van der Waals surface area (Å²) in [6.07, 6.45) is 2.10. The zero-order chi connectivity index (χ0) is 20.8. The zero-order valence-electron chi connectivity index (χ0n) is 15.7. The zero-order valence-corrected chi connectivity index (χ0v) is 23.8. The van der Waals surface area contributed by atoms with E-state index in [2.05, 4.69) is 168 Å². The first-order chi connectivity index (χ1) is 13.4. The highest BCUT2D eigenvalue weighted by atomic mass is 80.0. The molecule has 3 aromatic carbocycles. The highest BCUT2D eigenvalue weighted by molar-refractivity contribution is 9.52. The van der Waals surface area contributed by atoms with Crippen molar-refractivity contribution in [3.63, 3.8) is 0 Å². The first-order valence-electron chi connectivity index (χ1n) is 8.56. The highest BCUT2D eigenvalue weighted by Crippen LogP contribution is 2.39. The predicted octanol–water partition coefficient (Wildman–Crippen LogP) is 7.99. The lowest BCUT2D eigenvalue weighted by Gasteiger charge is -2.18. The molecule has 0 atom stereocenters. The molecule has 0 nitrogen and oxygen atoms in total. The van der Waals surface area contributed by atoms with Crippen LogP contribution in [0.15, 0.2) is 91.0 Å². The molecule has 3 rings (SSSR count). The number of thioether (sulfide) groups is 1. The van der Waals surface area contributed by atoms with E-state index < -0.39 is 7.92 Å². The maximum Gasteiger partial charge on any atom is 0.189 e. The second kappa shape index (κ2) is 15.2. The van der Waals surface area contributed by atoms with E-state index in [1.165, 1.54) is 21.7 Å². The van der Waals surface area contributed by atoms with E-state index in [1.807, 2.05) is 11.8 Å². The lowest BCUT2D eigenvalue weighted by atomic mass is 10.4. The molecule has 0 aliphatic carbocycles. The van der Waals surface area contributed by atoms with Gasteiger partial charge in [0, 0.05) is 0 Å². The summed E-state index contributed by atoms with van der Waals surface area (Å²) in [4.78, 5) is 0. The van der Waals surface area contributed by atoms with Gasteiger partial charge in [-0.25, -0.2) is 0 Å². The largest absolute Gasteiger partial charge is 0.189 e. The van der Waals surface area contributed by atoms with E-state index in [-0.39, 0.29) is 1.05 Å². The second-order valence-electron chi connectivity index (χ2n) is 5.35. The van der Waals surface area contributed by atoms with E-state index in [4.69, 9.17) is 0 Å². The van der Waals surface area contributed by atoms with Gasteiger partial charge >= 0.3 is 0 Å². The lowest BCUT2D eigenvalue weighted by Crippen LogP contribution is -2.20. The summed E-state index contributed by atoms with van der Waals surface area (Å²) in [5.74, 6) is 1.24. The minimum Gasteiger partial charge on any atom is -0.166 e. The lowest BCUT2D eigenvalue weighted by molar-refractivity contribution is 1.53. The molecule has 0 saturated carbocycles. The molecular formula is C22H23Br4PS. The summed E-state index contributed by atoms with van der Waals surface area (Å²) in [5.41, 5.74) is 0. The van der Waals surface area contributed by atoms with Gasteiger partial charge in [0.2, 0.25) is 0 Å². The van der Waals surface area contributed by atoms with Gasteiger partial charge in [-0.1, -0.05) is 97.9 Å². The Morgan fingerprint density at radius 1 is 0.643 bits per heavy atom. The fourth-order valence-electron chi connectivity index (χ4n) is 2.18. The van der Waals surface area contributed by atoms with Gasteiger partial charge in [0.15, 0.2) is 1.05 Å². The van der Waals surface area contributed by atoms with Gasteiger partial charge < -0.3 is 0 Å². The van der Waals surface area contributed by atoms with Crippen molar-refractivity contribution < 1.29 is 0 Å². The maximum atomic E-state index is 3.12. The molecule has 0 radical (unpaired) electrons. The minimum atomic E-state index is -0.446. The summed E-state index contributed by atoms with van der Waals surface area (Å²) >= 11 is 14.4. The van der Waals surface area contributed by atoms with Crippen molar-refractivity contribution in [3.05, 3.63) is 91.0 Å². The van der Waals surface area contributed by atoms with Crippen molar-refractivity contribution in [1.29, 1.82) is 0 Å². The number of halogens is 4. The van der Waals surface area contributed by atoms with Crippen molar-refractivity contribution >= 4 is 99.3 Å². The number of alkyl halides is 4. The summed E-state index contributed by atoms with van der Waals surface area (Å²) in [6, 6.07) is 32.3. The second-order valence-corrected chi connectivity index (χ2v) is 19.9. The molecule has 0 aliphatic heterocycles. The Hall–Kier alpha value is 0.360. The maximum absolute atomic E-state index is 3.12. The van der Waals surface area contributed by atoms with E-state index in [1.54, 1.807) is 0 Å². The Kier molecular flexibility index (Phi) is 14.3. The standard InChI is InChI=1S/C18H15P.C3H8S.CBr4/c1-4-10-16(11-5-1)19(17-12-6-2-7-13-17)18-14-8-3-9-15-18;1-3-4-2;2-1(3,4)5/h1-15H;3H2,1-2H3;. The van der Waals surface area contributed by atoms with E-state index in [0.29, 0.717) is 0 Å². The highest BCUT2D eigenvalue weighted by Gasteiger charge is 2.14. The number of hydrogen-bond donors (Lipinski definition) is 0. The third-order valence-electron chi connectivity index (χ3n) is 3.33. The van der Waals surface area contributed by atoms with Crippen LogP contribution >= 0.6 is 83.4 Å². The molecule has 0 unspecified atom stereocenters. The van der Waals surface area contributed by atoms with Crippen molar-refractivity contribution in [1.82, 2.24) is 0 Å². The summed E-state index contributed by atoms with van der Waals surface area (Å²) in [6.45, 7) is 2.14. The first-order valence-corrected chi connectivity index (χ1v) is 14.5. The van der Waals surface area contributed by atoms with Gasteiger partial charge in [-0.15, -0.1) is 0 Å². The smallest absolute Gasteiger partial charge is 0.166 e. The average molecular weight is 670 g/mol. The Balaban J connectivity index is 0.000000369. The van der Waals surface area contributed by atoms with Crippen molar-refractivity contribution in [2.75, 3.05) is 12.0 Å². The SMILES string of the molecule is BrC(Br)(Br)Br.CCSC.c1ccc(P(c2ccccc2)c2ccccc2)cc1. The molecule has 0 heterocycles. The molecule has 0 fully saturated rings. The fraction of sp³-hybridized carbons (Fsp3) is 0.182. The van der Waals surface area contributed by atoms with Crippen LogP contribution in [0.2, 0.25) is 0 Å². The Labute approximate surface area is 208 Å². The van der Waals surface area contributed by atoms with Crippen LogP contribution in [0, 0.1) is 0 Å². The van der Waals surface area contributed by atoms with Gasteiger partial charge in [-0.3, -0.25) is 0 Å². The van der Waals surface area contributed by atoms with E-state index in [9.17, 15) is 0 Å². The van der Waals surface area contributed by atoms with Crippen LogP contribution in [0.3, 0.4) is 0 Å². The molecule has 0 N–H and O–H groups in total. The van der Waals surface area contributed by atoms with Gasteiger partial charge in [0.1, 0.15) is 0 Å². The molecule has 3 aromatic rings. The van der Waals surface area contributed by atoms with Crippen LogP contribution < -0.4 is 15.9 Å². The molecule has 28 heavy (non-hydrogen) atoms. The topological polar surface area (TPSA) is 0 Å². The van der Waals surface area contributed by atoms with Gasteiger partial charge in [0.25, 0.3) is 0 Å². The van der Waals surface area contributed by atoms with Crippen LogP contribution in [0.5, 0.6) is 0 Å². The summed E-state index contributed by atoms with van der Waals surface area (Å²) < 4.78 is -0.250. The summed E-state index contributed by atoms with van der Waals surface area (Å²) in [5, 5.41) is 4.19. The normalized spacial score (nSPS) is 10.4. The van der Waals surface area contributed by atoms with Gasteiger partial charge in [-0.2, -0.15) is 11.8 Å². The molecule has 0 aromatic heterocycles. The molecule has 0 aliphatic rings. The monoisotopic (exact) mass is 666 g/mol. The molecule has 0 spiro atoms. The van der Waals surface area contributed by atoms with Crippen LogP contribution in [-0.2, 0) is 0 Å². The minimum absolute atomic E-state index is 0.250. The third kappa shape index (κ3) is 12.1. The molecule has 150 valence electrons. The van der Waals surface area contributed by atoms with E-state index >= 15 is 0 Å². The van der Waals surface area contributed by atoms with Crippen LogP contribution in [0.1, 0.15) is 6.92 Å². The van der Waals surface area contributed by atoms with Crippen molar-refractivity contribution in [3.8, 4) is 0 Å². The van der Waals surface area contributed by atoms with Crippen molar-refractivity contribution in [2.24, 2.45) is 0 Å². The molecule has 0 amide bonds. The number of rotatable bonds is 4.